The Morgan fingerprint density at radius 1 is 1.50 bits per heavy atom. The first-order valence-corrected chi connectivity index (χ1v) is 6.72. The maximum absolute atomic E-state index is 11.1. The van der Waals surface area contributed by atoms with Crippen LogP contribution < -0.4 is 16.4 Å². The molecule has 2 heterocycles. The van der Waals surface area contributed by atoms with E-state index in [1.807, 2.05) is 18.2 Å². The molecule has 6 heteroatoms. The molecule has 1 fully saturated rings. The van der Waals surface area contributed by atoms with Gasteiger partial charge in [0, 0.05) is 24.7 Å². The number of benzene rings is 1. The monoisotopic (exact) mass is 262 g/mol. The number of nitrogens with one attached hydrogen (secondary N) is 2. The topological polar surface area (TPSA) is 80.0 Å². The lowest BCUT2D eigenvalue weighted by atomic mass is 10.1. The predicted molar refractivity (Wildman–Crippen MR) is 73.7 cm³/mol. The van der Waals surface area contributed by atoms with Crippen molar-refractivity contribution in [2.45, 2.75) is 18.9 Å². The van der Waals surface area contributed by atoms with Crippen LogP contribution in [0.4, 0.5) is 10.8 Å². The second-order valence-corrected chi connectivity index (χ2v) is 5.46. The number of piperidine rings is 1. The van der Waals surface area contributed by atoms with Gasteiger partial charge in [0.15, 0.2) is 5.13 Å². The van der Waals surface area contributed by atoms with Gasteiger partial charge in [-0.05, 0) is 24.6 Å². The molecule has 0 spiro atoms. The number of nitrogen functional groups attached to an aromatic ring is 1. The summed E-state index contributed by atoms with van der Waals surface area (Å²) in [5.41, 5.74) is 7.45. The van der Waals surface area contributed by atoms with Gasteiger partial charge in [-0.1, -0.05) is 11.3 Å². The molecule has 5 nitrogen and oxygen atoms in total. The molecule has 2 aromatic rings. The summed E-state index contributed by atoms with van der Waals surface area (Å²) < 4.78 is 1.08. The van der Waals surface area contributed by atoms with Crippen molar-refractivity contribution in [2.75, 3.05) is 17.6 Å². The first-order chi connectivity index (χ1) is 8.70. The van der Waals surface area contributed by atoms with Gasteiger partial charge < -0.3 is 16.4 Å². The number of hydrogen-bond acceptors (Lipinski definition) is 5. The highest BCUT2D eigenvalue weighted by Gasteiger charge is 2.18. The number of amides is 1. The average molecular weight is 262 g/mol. The minimum Gasteiger partial charge on any atom is -0.399 e. The third-order valence-corrected chi connectivity index (χ3v) is 3.95. The molecule has 3 rings (SSSR count). The fourth-order valence-electron chi connectivity index (χ4n) is 2.03. The number of thiazole rings is 1. The van der Waals surface area contributed by atoms with Crippen molar-refractivity contribution in [1.29, 1.82) is 0 Å². The van der Waals surface area contributed by atoms with E-state index in [0.29, 0.717) is 13.0 Å². The zero-order valence-corrected chi connectivity index (χ0v) is 10.6. The maximum atomic E-state index is 11.1. The van der Waals surface area contributed by atoms with E-state index in [1.165, 1.54) is 0 Å². The van der Waals surface area contributed by atoms with E-state index in [2.05, 4.69) is 15.6 Å². The van der Waals surface area contributed by atoms with E-state index in [9.17, 15) is 4.79 Å². The van der Waals surface area contributed by atoms with Crippen molar-refractivity contribution in [2.24, 2.45) is 0 Å². The van der Waals surface area contributed by atoms with Gasteiger partial charge in [-0.25, -0.2) is 4.98 Å². The lowest BCUT2D eigenvalue weighted by molar-refractivity contribution is -0.122. The molecule has 94 valence electrons. The maximum Gasteiger partial charge on any atom is 0.220 e. The highest BCUT2D eigenvalue weighted by molar-refractivity contribution is 7.22. The van der Waals surface area contributed by atoms with Crippen LogP contribution in [0.5, 0.6) is 0 Å². The number of nitrogens with two attached hydrogens (primary N) is 1. The predicted octanol–water partition coefficient (Wildman–Crippen LogP) is 1.57. The molecule has 1 unspecified atom stereocenters. The molecule has 0 aliphatic carbocycles. The minimum atomic E-state index is 0.130. The van der Waals surface area contributed by atoms with Crippen LogP contribution in [0.2, 0.25) is 0 Å². The second-order valence-electron chi connectivity index (χ2n) is 4.43. The number of carbonyl (C=O) groups is 1. The number of carbonyl (C=O) groups excluding carboxylic acids is 1. The van der Waals surface area contributed by atoms with Gasteiger partial charge in [-0.3, -0.25) is 4.79 Å². The number of fused-ring (bicyclic) bond motifs is 1. The second kappa shape index (κ2) is 4.45. The number of nitrogens with zero attached hydrogens (tertiary/aromatic N) is 1. The molecule has 18 heavy (non-hydrogen) atoms. The highest BCUT2D eigenvalue weighted by Crippen LogP contribution is 2.28. The fourth-order valence-corrected chi connectivity index (χ4v) is 3.02. The summed E-state index contributed by atoms with van der Waals surface area (Å²) in [4.78, 5) is 15.6. The van der Waals surface area contributed by atoms with Gasteiger partial charge in [0.1, 0.15) is 0 Å². The summed E-state index contributed by atoms with van der Waals surface area (Å²) in [6.07, 6.45) is 1.43. The fraction of sp³-hybridized carbons (Fsp3) is 0.333. The van der Waals surface area contributed by atoms with Crippen molar-refractivity contribution in [3.8, 4) is 0 Å². The summed E-state index contributed by atoms with van der Waals surface area (Å²) in [6.45, 7) is 0.664. The van der Waals surface area contributed by atoms with Gasteiger partial charge in [-0.15, -0.1) is 0 Å². The molecule has 1 amide bonds. The van der Waals surface area contributed by atoms with Crippen LogP contribution in [0.15, 0.2) is 18.2 Å². The normalized spacial score (nSPS) is 19.8. The zero-order chi connectivity index (χ0) is 12.5. The molecular formula is C12H14N4OS. The molecule has 1 aliphatic heterocycles. The Kier molecular flexibility index (Phi) is 2.79. The molecule has 1 atom stereocenters. The van der Waals surface area contributed by atoms with Crippen molar-refractivity contribution in [3.05, 3.63) is 18.2 Å². The zero-order valence-electron chi connectivity index (χ0n) is 9.77. The van der Waals surface area contributed by atoms with E-state index in [-0.39, 0.29) is 11.9 Å². The van der Waals surface area contributed by atoms with E-state index in [1.54, 1.807) is 11.3 Å². The molecular weight excluding hydrogens is 248 g/mol. The van der Waals surface area contributed by atoms with E-state index < -0.39 is 0 Å². The van der Waals surface area contributed by atoms with Gasteiger partial charge in [0.05, 0.1) is 10.2 Å². The molecule has 0 saturated carbocycles. The molecule has 1 aliphatic rings. The Balaban J connectivity index is 1.76. The number of rotatable bonds is 2. The van der Waals surface area contributed by atoms with Crippen LogP contribution in [0.25, 0.3) is 10.2 Å². The Bertz CT molecular complexity index is 585. The van der Waals surface area contributed by atoms with Crippen molar-refractivity contribution in [1.82, 2.24) is 10.3 Å². The quantitative estimate of drug-likeness (QED) is 0.718. The Hall–Kier alpha value is -1.82. The summed E-state index contributed by atoms with van der Waals surface area (Å²) in [5.74, 6) is 0.130. The van der Waals surface area contributed by atoms with Gasteiger partial charge >= 0.3 is 0 Å². The van der Waals surface area contributed by atoms with Crippen molar-refractivity contribution < 1.29 is 4.79 Å². The van der Waals surface area contributed by atoms with Gasteiger partial charge in [0.2, 0.25) is 5.91 Å². The molecule has 4 N–H and O–H groups in total. The minimum absolute atomic E-state index is 0.130. The van der Waals surface area contributed by atoms with E-state index in [0.717, 1.165) is 27.5 Å². The first kappa shape index (κ1) is 11.3. The van der Waals surface area contributed by atoms with Crippen molar-refractivity contribution in [3.63, 3.8) is 0 Å². The lowest BCUT2D eigenvalue weighted by Gasteiger charge is -2.22. The van der Waals surface area contributed by atoms with Crippen LogP contribution in [0.3, 0.4) is 0 Å². The summed E-state index contributed by atoms with van der Waals surface area (Å²) in [6, 6.07) is 5.98. The lowest BCUT2D eigenvalue weighted by Crippen LogP contribution is -2.41. The largest absolute Gasteiger partial charge is 0.399 e. The van der Waals surface area contributed by atoms with Crippen LogP contribution in [-0.2, 0) is 4.79 Å². The molecule has 1 aromatic heterocycles. The average Bonchev–Trinajstić information content (AvgIpc) is 2.73. The van der Waals surface area contributed by atoms with Crippen molar-refractivity contribution >= 4 is 38.3 Å². The Morgan fingerprint density at radius 2 is 2.39 bits per heavy atom. The number of hydrogen-bond donors (Lipinski definition) is 3. The smallest absolute Gasteiger partial charge is 0.220 e. The van der Waals surface area contributed by atoms with E-state index in [4.69, 9.17) is 5.73 Å². The third kappa shape index (κ3) is 2.24. The summed E-state index contributed by atoms with van der Waals surface area (Å²) in [5, 5.41) is 7.10. The SMILES string of the molecule is Nc1ccc2nc(NC3CCC(=O)NC3)sc2c1. The summed E-state index contributed by atoms with van der Waals surface area (Å²) >= 11 is 1.59. The molecule has 0 bridgehead atoms. The summed E-state index contributed by atoms with van der Waals surface area (Å²) in [7, 11) is 0. The Labute approximate surface area is 108 Å². The molecule has 0 radical (unpaired) electrons. The van der Waals surface area contributed by atoms with E-state index >= 15 is 0 Å². The van der Waals surface area contributed by atoms with Crippen LogP contribution in [0, 0.1) is 0 Å². The first-order valence-electron chi connectivity index (χ1n) is 5.90. The van der Waals surface area contributed by atoms with Crippen LogP contribution in [0.1, 0.15) is 12.8 Å². The highest BCUT2D eigenvalue weighted by atomic mass is 32.1. The Morgan fingerprint density at radius 3 is 3.17 bits per heavy atom. The van der Waals surface area contributed by atoms with Gasteiger partial charge in [0.25, 0.3) is 0 Å². The number of anilines is 2. The molecule has 1 saturated heterocycles. The standard InChI is InChI=1S/C12H14N4OS/c13-7-1-3-9-10(5-7)18-12(16-9)15-8-2-4-11(17)14-6-8/h1,3,5,8H,2,4,6,13H2,(H,14,17)(H,15,16). The van der Waals surface area contributed by atoms with Gasteiger partial charge in [-0.2, -0.15) is 0 Å². The number of aromatic nitrogens is 1. The van der Waals surface area contributed by atoms with Crippen LogP contribution >= 0.6 is 11.3 Å². The van der Waals surface area contributed by atoms with Crippen LogP contribution in [-0.4, -0.2) is 23.5 Å². The molecule has 1 aromatic carbocycles. The third-order valence-electron chi connectivity index (χ3n) is 3.01.